The fourth-order valence-corrected chi connectivity index (χ4v) is 4.21. The number of nitrogens with zero attached hydrogens (tertiary/aromatic N) is 1. The van der Waals surface area contributed by atoms with Gasteiger partial charge in [0.25, 0.3) is 5.91 Å². The van der Waals surface area contributed by atoms with Crippen LogP contribution in [0.4, 0.5) is 5.69 Å². The van der Waals surface area contributed by atoms with Crippen molar-refractivity contribution in [3.8, 4) is 0 Å². The first-order valence-corrected chi connectivity index (χ1v) is 9.73. The predicted molar refractivity (Wildman–Crippen MR) is 101 cm³/mol. The van der Waals surface area contributed by atoms with E-state index in [-0.39, 0.29) is 23.7 Å². The maximum Gasteiger partial charge on any atom is 0.326 e. The number of anilines is 1. The monoisotopic (exact) mass is 436 g/mol. The Morgan fingerprint density at radius 2 is 1.81 bits per heavy atom. The van der Waals surface area contributed by atoms with Crippen LogP contribution in [0.3, 0.4) is 0 Å². The number of fused-ring (bicyclic) bond motifs is 1. The second-order valence-electron chi connectivity index (χ2n) is 6.95. The number of ether oxygens (including phenoxy) is 1. The van der Waals surface area contributed by atoms with Crippen molar-refractivity contribution in [3.05, 3.63) is 28.2 Å². The van der Waals surface area contributed by atoms with Gasteiger partial charge in [0.1, 0.15) is 6.54 Å². The third kappa shape index (κ3) is 4.37. The van der Waals surface area contributed by atoms with Crippen LogP contribution in [0, 0.1) is 18.8 Å². The highest BCUT2D eigenvalue weighted by molar-refractivity contribution is 9.10. The zero-order chi connectivity index (χ0) is 19.6. The molecule has 144 valence electrons. The van der Waals surface area contributed by atoms with E-state index in [9.17, 15) is 19.2 Å². The van der Waals surface area contributed by atoms with Gasteiger partial charge in [0.2, 0.25) is 11.8 Å². The topological polar surface area (TPSA) is 92.8 Å². The molecule has 1 aromatic carbocycles. The summed E-state index contributed by atoms with van der Waals surface area (Å²) >= 11 is 3.35. The summed E-state index contributed by atoms with van der Waals surface area (Å²) < 4.78 is 5.66. The van der Waals surface area contributed by atoms with Crippen LogP contribution in [0.5, 0.6) is 0 Å². The van der Waals surface area contributed by atoms with Crippen molar-refractivity contribution in [1.82, 2.24) is 4.90 Å². The van der Waals surface area contributed by atoms with E-state index >= 15 is 0 Å². The number of carbonyl (C=O) groups excluding carboxylic acids is 4. The molecule has 0 bridgehead atoms. The van der Waals surface area contributed by atoms with E-state index in [0.717, 1.165) is 27.8 Å². The predicted octanol–water partition coefficient (Wildman–Crippen LogP) is 2.41. The molecular weight excluding hydrogens is 416 g/mol. The van der Waals surface area contributed by atoms with Crippen LogP contribution in [0.25, 0.3) is 0 Å². The second kappa shape index (κ2) is 8.21. The highest BCUT2D eigenvalue weighted by atomic mass is 79.9. The van der Waals surface area contributed by atoms with E-state index in [2.05, 4.69) is 21.2 Å². The second-order valence-corrected chi connectivity index (χ2v) is 7.81. The van der Waals surface area contributed by atoms with Crippen molar-refractivity contribution in [2.24, 2.45) is 11.8 Å². The highest BCUT2D eigenvalue weighted by Gasteiger charge is 2.48. The molecule has 1 aliphatic carbocycles. The first-order valence-electron chi connectivity index (χ1n) is 8.93. The Hall–Kier alpha value is -2.22. The summed E-state index contributed by atoms with van der Waals surface area (Å²) in [6, 6.07) is 5.44. The fraction of sp³-hybridized carbons (Fsp3) is 0.474. The van der Waals surface area contributed by atoms with Crippen molar-refractivity contribution < 1.29 is 23.9 Å². The number of nitrogens with one attached hydrogen (secondary N) is 1. The summed E-state index contributed by atoms with van der Waals surface area (Å²) in [5.41, 5.74) is 1.60. The summed E-state index contributed by atoms with van der Waals surface area (Å²) in [7, 11) is 0. The molecule has 7 nitrogen and oxygen atoms in total. The van der Waals surface area contributed by atoms with Crippen LogP contribution < -0.4 is 5.32 Å². The number of amides is 3. The number of rotatable bonds is 5. The molecule has 2 fully saturated rings. The van der Waals surface area contributed by atoms with Crippen LogP contribution in [-0.2, 0) is 23.9 Å². The van der Waals surface area contributed by atoms with Crippen molar-refractivity contribution in [3.63, 3.8) is 0 Å². The fourth-order valence-electron chi connectivity index (χ4n) is 3.62. The first-order chi connectivity index (χ1) is 12.9. The minimum Gasteiger partial charge on any atom is -0.454 e. The molecule has 1 heterocycles. The van der Waals surface area contributed by atoms with E-state index in [1.165, 1.54) is 0 Å². The molecule has 3 rings (SSSR count). The van der Waals surface area contributed by atoms with E-state index in [1.54, 1.807) is 6.07 Å². The number of esters is 1. The molecule has 1 aliphatic heterocycles. The summed E-state index contributed by atoms with van der Waals surface area (Å²) in [6.07, 6.45) is 3.23. The van der Waals surface area contributed by atoms with E-state index in [0.29, 0.717) is 18.5 Å². The number of likely N-dealkylation sites (tertiary alicyclic amines) is 1. The average Bonchev–Trinajstić information content (AvgIpc) is 2.88. The molecule has 1 saturated heterocycles. The molecule has 3 amide bonds. The number of aryl methyl sites for hydroxylation is 1. The molecule has 2 aliphatic rings. The van der Waals surface area contributed by atoms with Gasteiger partial charge in [-0.3, -0.25) is 24.1 Å². The van der Waals surface area contributed by atoms with Gasteiger partial charge in [0.15, 0.2) is 6.61 Å². The van der Waals surface area contributed by atoms with Crippen molar-refractivity contribution in [1.29, 1.82) is 0 Å². The lowest BCUT2D eigenvalue weighted by molar-refractivity contribution is -0.154. The van der Waals surface area contributed by atoms with Crippen LogP contribution in [-0.4, -0.2) is 41.7 Å². The number of hydrogen-bond acceptors (Lipinski definition) is 5. The maximum absolute atomic E-state index is 12.3. The van der Waals surface area contributed by atoms with Gasteiger partial charge in [-0.2, -0.15) is 0 Å². The smallest absolute Gasteiger partial charge is 0.326 e. The quantitative estimate of drug-likeness (QED) is 0.564. The average molecular weight is 437 g/mol. The standard InChI is InChI=1S/C19H21BrN2O5/c1-11-6-7-15(14(20)8-11)21-16(23)10-27-17(24)9-22-18(25)12-4-2-3-5-13(12)19(22)26/h6-8,12-13H,2-5,9-10H2,1H3,(H,21,23)/t12-,13-/m1/s1. The molecule has 0 spiro atoms. The molecule has 0 radical (unpaired) electrons. The van der Waals surface area contributed by atoms with E-state index in [4.69, 9.17) is 4.74 Å². The van der Waals surface area contributed by atoms with Gasteiger partial charge in [0, 0.05) is 4.47 Å². The minimum absolute atomic E-state index is 0.297. The number of carbonyl (C=O) groups is 4. The van der Waals surface area contributed by atoms with Crippen molar-refractivity contribution in [2.75, 3.05) is 18.5 Å². The molecule has 8 heteroatoms. The minimum atomic E-state index is -0.770. The van der Waals surface area contributed by atoms with Gasteiger partial charge in [-0.05, 0) is 53.4 Å². The Balaban J connectivity index is 1.50. The number of halogens is 1. The molecule has 1 aromatic rings. The van der Waals surface area contributed by atoms with Gasteiger partial charge >= 0.3 is 5.97 Å². The van der Waals surface area contributed by atoms with Gasteiger partial charge in [0.05, 0.1) is 17.5 Å². The van der Waals surface area contributed by atoms with Crippen LogP contribution in [0.2, 0.25) is 0 Å². The van der Waals surface area contributed by atoms with Gasteiger partial charge in [-0.1, -0.05) is 18.9 Å². The lowest BCUT2D eigenvalue weighted by Gasteiger charge is -2.19. The molecular formula is C19H21BrN2O5. The third-order valence-electron chi connectivity index (χ3n) is 4.98. The zero-order valence-electron chi connectivity index (χ0n) is 15.0. The Kier molecular flexibility index (Phi) is 5.94. The molecule has 0 aromatic heterocycles. The number of imide groups is 1. The summed E-state index contributed by atoms with van der Waals surface area (Å²) in [4.78, 5) is 49.6. The molecule has 1 saturated carbocycles. The number of hydrogen-bond donors (Lipinski definition) is 1. The van der Waals surface area contributed by atoms with Crippen molar-refractivity contribution in [2.45, 2.75) is 32.6 Å². The van der Waals surface area contributed by atoms with Crippen LogP contribution in [0.15, 0.2) is 22.7 Å². The molecule has 0 unspecified atom stereocenters. The Morgan fingerprint density at radius 3 is 2.41 bits per heavy atom. The largest absolute Gasteiger partial charge is 0.454 e. The number of benzene rings is 1. The summed E-state index contributed by atoms with van der Waals surface area (Å²) in [5.74, 6) is -2.47. The first kappa shape index (κ1) is 19.5. The van der Waals surface area contributed by atoms with E-state index < -0.39 is 25.0 Å². The molecule has 1 N–H and O–H groups in total. The van der Waals surface area contributed by atoms with Crippen LogP contribution >= 0.6 is 15.9 Å². The van der Waals surface area contributed by atoms with Crippen molar-refractivity contribution >= 4 is 45.3 Å². The van der Waals surface area contributed by atoms with Gasteiger partial charge < -0.3 is 10.1 Å². The lowest BCUT2D eigenvalue weighted by Crippen LogP contribution is -2.37. The maximum atomic E-state index is 12.3. The van der Waals surface area contributed by atoms with E-state index in [1.807, 2.05) is 19.1 Å². The summed E-state index contributed by atoms with van der Waals surface area (Å²) in [5, 5.41) is 2.63. The Labute approximate surface area is 165 Å². The third-order valence-corrected chi connectivity index (χ3v) is 5.64. The Morgan fingerprint density at radius 1 is 1.19 bits per heavy atom. The Bertz CT molecular complexity index is 770. The SMILES string of the molecule is Cc1ccc(NC(=O)COC(=O)CN2C(=O)[C@@H]3CCCC[C@H]3C2=O)c(Br)c1. The normalized spacial score (nSPS) is 21.8. The lowest BCUT2D eigenvalue weighted by atomic mass is 9.81. The van der Waals surface area contributed by atoms with Gasteiger partial charge in [-0.25, -0.2) is 0 Å². The highest BCUT2D eigenvalue weighted by Crippen LogP contribution is 2.37. The molecule has 27 heavy (non-hydrogen) atoms. The molecule has 2 atom stereocenters. The van der Waals surface area contributed by atoms with Gasteiger partial charge in [-0.15, -0.1) is 0 Å². The zero-order valence-corrected chi connectivity index (χ0v) is 16.6. The van der Waals surface area contributed by atoms with Crippen LogP contribution in [0.1, 0.15) is 31.2 Å². The summed E-state index contributed by atoms with van der Waals surface area (Å²) in [6.45, 7) is 1.00.